The number of carbonyl (C=O) groups excluding carboxylic acids is 1. The van der Waals surface area contributed by atoms with E-state index < -0.39 is 16.9 Å². The third-order valence-electron chi connectivity index (χ3n) is 3.36. The van der Waals surface area contributed by atoms with Crippen molar-refractivity contribution in [3.8, 4) is 0 Å². The Balaban J connectivity index is 2.34. The standard InChI is InChI=1S/C12H16N4O3/c13-9-7-8(16(18)19)4-5-10(9)15-6-2-1-3-11(15)12(14)17/h4-5,7,11H,1-3,6,13H2,(H2,14,17). The molecule has 0 aliphatic carbocycles. The van der Waals surface area contributed by atoms with Crippen molar-refractivity contribution < 1.29 is 9.72 Å². The lowest BCUT2D eigenvalue weighted by molar-refractivity contribution is -0.384. The Bertz CT molecular complexity index is 518. The van der Waals surface area contributed by atoms with Crippen molar-refractivity contribution in [1.29, 1.82) is 0 Å². The van der Waals surface area contributed by atoms with Crippen molar-refractivity contribution >= 4 is 23.0 Å². The molecule has 1 aliphatic heterocycles. The Morgan fingerprint density at radius 1 is 1.42 bits per heavy atom. The summed E-state index contributed by atoms with van der Waals surface area (Å²) in [5, 5.41) is 10.7. The van der Waals surface area contributed by atoms with E-state index in [1.807, 2.05) is 4.90 Å². The quantitative estimate of drug-likeness (QED) is 0.480. The molecular weight excluding hydrogens is 248 g/mol. The summed E-state index contributed by atoms with van der Waals surface area (Å²) in [5.74, 6) is -0.391. The molecule has 1 aliphatic rings. The van der Waals surface area contributed by atoms with Gasteiger partial charge >= 0.3 is 0 Å². The van der Waals surface area contributed by atoms with Crippen LogP contribution in [0.25, 0.3) is 0 Å². The topological polar surface area (TPSA) is 115 Å². The maximum Gasteiger partial charge on any atom is 0.271 e. The van der Waals surface area contributed by atoms with Crippen LogP contribution >= 0.6 is 0 Å². The highest BCUT2D eigenvalue weighted by molar-refractivity contribution is 5.86. The summed E-state index contributed by atoms with van der Waals surface area (Å²) < 4.78 is 0. The zero-order chi connectivity index (χ0) is 14.0. The highest BCUT2D eigenvalue weighted by Gasteiger charge is 2.28. The van der Waals surface area contributed by atoms with Crippen LogP contribution in [0.3, 0.4) is 0 Å². The lowest BCUT2D eigenvalue weighted by Gasteiger charge is -2.36. The molecule has 7 heteroatoms. The van der Waals surface area contributed by atoms with E-state index in [1.165, 1.54) is 12.1 Å². The van der Waals surface area contributed by atoms with Gasteiger partial charge in [0, 0.05) is 18.7 Å². The second-order valence-electron chi connectivity index (χ2n) is 4.61. The van der Waals surface area contributed by atoms with E-state index in [9.17, 15) is 14.9 Å². The molecule has 102 valence electrons. The molecule has 1 aromatic carbocycles. The van der Waals surface area contributed by atoms with Crippen LogP contribution in [0.5, 0.6) is 0 Å². The first-order valence-corrected chi connectivity index (χ1v) is 6.10. The average molecular weight is 264 g/mol. The SMILES string of the molecule is NC(=O)C1CCCCN1c1ccc([N+](=O)[O-])cc1N. The molecule has 1 atom stereocenters. The fourth-order valence-electron chi connectivity index (χ4n) is 2.43. The molecule has 0 aromatic heterocycles. The van der Waals surface area contributed by atoms with Gasteiger partial charge in [0.05, 0.1) is 16.3 Å². The van der Waals surface area contributed by atoms with Crippen LogP contribution in [0.4, 0.5) is 17.1 Å². The minimum Gasteiger partial charge on any atom is -0.397 e. The number of primary amides is 1. The molecule has 4 N–H and O–H groups in total. The smallest absolute Gasteiger partial charge is 0.271 e. The zero-order valence-electron chi connectivity index (χ0n) is 10.4. The first kappa shape index (κ1) is 13.1. The fourth-order valence-corrected chi connectivity index (χ4v) is 2.43. The summed E-state index contributed by atoms with van der Waals surface area (Å²) in [5.41, 5.74) is 12.1. The molecule has 0 radical (unpaired) electrons. The van der Waals surface area contributed by atoms with E-state index in [2.05, 4.69) is 0 Å². The highest BCUT2D eigenvalue weighted by Crippen LogP contribution is 2.32. The summed E-state index contributed by atoms with van der Waals surface area (Å²) in [6.07, 6.45) is 2.57. The number of anilines is 2. The maximum absolute atomic E-state index is 11.5. The molecule has 0 saturated carbocycles. The van der Waals surface area contributed by atoms with Gasteiger partial charge in [-0.05, 0) is 25.3 Å². The lowest BCUT2D eigenvalue weighted by atomic mass is 10.00. The first-order valence-electron chi connectivity index (χ1n) is 6.10. The molecule has 1 unspecified atom stereocenters. The van der Waals surface area contributed by atoms with Gasteiger partial charge in [-0.1, -0.05) is 0 Å². The van der Waals surface area contributed by atoms with Crippen LogP contribution < -0.4 is 16.4 Å². The largest absolute Gasteiger partial charge is 0.397 e. The number of nitro groups is 1. The first-order chi connectivity index (χ1) is 9.00. The Morgan fingerprint density at radius 2 is 2.16 bits per heavy atom. The normalized spacial score (nSPS) is 19.2. The molecule has 1 amide bonds. The van der Waals surface area contributed by atoms with Gasteiger partial charge in [0.1, 0.15) is 6.04 Å². The predicted octanol–water partition coefficient (Wildman–Crippen LogP) is 1.02. The van der Waals surface area contributed by atoms with E-state index >= 15 is 0 Å². The second-order valence-corrected chi connectivity index (χ2v) is 4.61. The van der Waals surface area contributed by atoms with Crippen molar-refractivity contribution in [2.24, 2.45) is 5.73 Å². The third kappa shape index (κ3) is 2.59. The molecule has 19 heavy (non-hydrogen) atoms. The van der Waals surface area contributed by atoms with Crippen LogP contribution in [-0.2, 0) is 4.79 Å². The third-order valence-corrected chi connectivity index (χ3v) is 3.36. The van der Waals surface area contributed by atoms with Gasteiger partial charge in [-0.2, -0.15) is 0 Å². The van der Waals surface area contributed by atoms with Crippen LogP contribution in [0, 0.1) is 10.1 Å². The molecule has 1 aromatic rings. The van der Waals surface area contributed by atoms with E-state index in [1.54, 1.807) is 6.07 Å². The molecule has 1 fully saturated rings. The Morgan fingerprint density at radius 3 is 2.74 bits per heavy atom. The number of piperidine rings is 1. The number of nitrogens with zero attached hydrogens (tertiary/aromatic N) is 2. The minimum absolute atomic E-state index is 0.0612. The van der Waals surface area contributed by atoms with Crippen LogP contribution in [-0.4, -0.2) is 23.4 Å². The van der Waals surface area contributed by atoms with Crippen molar-refractivity contribution in [2.75, 3.05) is 17.2 Å². The summed E-state index contributed by atoms with van der Waals surface area (Å²) in [6, 6.07) is 3.88. The van der Waals surface area contributed by atoms with Gasteiger partial charge in [-0.25, -0.2) is 0 Å². The molecule has 1 saturated heterocycles. The van der Waals surface area contributed by atoms with Gasteiger partial charge in [0.25, 0.3) is 5.69 Å². The van der Waals surface area contributed by atoms with Crippen molar-refractivity contribution in [3.05, 3.63) is 28.3 Å². The van der Waals surface area contributed by atoms with Crippen LogP contribution in [0.2, 0.25) is 0 Å². The summed E-state index contributed by atoms with van der Waals surface area (Å²) in [4.78, 5) is 23.5. The van der Waals surface area contributed by atoms with Gasteiger partial charge in [0.2, 0.25) is 5.91 Å². The molecule has 0 bridgehead atoms. The van der Waals surface area contributed by atoms with Crippen molar-refractivity contribution in [3.63, 3.8) is 0 Å². The number of hydrogen-bond donors (Lipinski definition) is 2. The average Bonchev–Trinajstić information content (AvgIpc) is 2.38. The number of benzene rings is 1. The van der Waals surface area contributed by atoms with Crippen LogP contribution in [0.15, 0.2) is 18.2 Å². The Labute approximate surface area is 110 Å². The molecule has 2 rings (SSSR count). The van der Waals surface area contributed by atoms with E-state index in [0.29, 0.717) is 24.3 Å². The monoisotopic (exact) mass is 264 g/mol. The maximum atomic E-state index is 11.5. The number of carbonyl (C=O) groups is 1. The summed E-state index contributed by atoms with van der Waals surface area (Å²) in [7, 11) is 0. The lowest BCUT2D eigenvalue weighted by Crippen LogP contribution is -2.48. The number of nitrogens with two attached hydrogens (primary N) is 2. The van der Waals surface area contributed by atoms with Crippen molar-refractivity contribution in [1.82, 2.24) is 0 Å². The van der Waals surface area contributed by atoms with E-state index in [-0.39, 0.29) is 5.69 Å². The van der Waals surface area contributed by atoms with E-state index in [0.717, 1.165) is 12.8 Å². The fraction of sp³-hybridized carbons (Fsp3) is 0.417. The Kier molecular flexibility index (Phi) is 3.55. The number of hydrogen-bond acceptors (Lipinski definition) is 5. The van der Waals surface area contributed by atoms with Crippen molar-refractivity contribution in [2.45, 2.75) is 25.3 Å². The number of nitrogen functional groups attached to an aromatic ring is 1. The number of amides is 1. The number of nitro benzene ring substituents is 1. The van der Waals surface area contributed by atoms with Gasteiger partial charge < -0.3 is 16.4 Å². The summed E-state index contributed by atoms with van der Waals surface area (Å²) >= 11 is 0. The molecular formula is C12H16N4O3. The minimum atomic E-state index is -0.498. The Hall–Kier alpha value is -2.31. The van der Waals surface area contributed by atoms with Gasteiger partial charge in [-0.15, -0.1) is 0 Å². The second kappa shape index (κ2) is 5.13. The molecule has 1 heterocycles. The number of rotatable bonds is 3. The summed E-state index contributed by atoms with van der Waals surface area (Å²) in [6.45, 7) is 0.676. The number of non-ortho nitro benzene ring substituents is 1. The van der Waals surface area contributed by atoms with E-state index in [4.69, 9.17) is 11.5 Å². The van der Waals surface area contributed by atoms with Crippen LogP contribution in [0.1, 0.15) is 19.3 Å². The zero-order valence-corrected chi connectivity index (χ0v) is 10.4. The highest BCUT2D eigenvalue weighted by atomic mass is 16.6. The molecule has 0 spiro atoms. The van der Waals surface area contributed by atoms with Gasteiger partial charge in [0.15, 0.2) is 0 Å². The predicted molar refractivity (Wildman–Crippen MR) is 71.7 cm³/mol. The molecule has 7 nitrogen and oxygen atoms in total. The van der Waals surface area contributed by atoms with Gasteiger partial charge in [-0.3, -0.25) is 14.9 Å².